The second kappa shape index (κ2) is 5.50. The van der Waals surface area contributed by atoms with E-state index in [1.807, 2.05) is 51.1 Å². The molecule has 5 heteroatoms. The highest BCUT2D eigenvalue weighted by molar-refractivity contribution is 5.87. The average Bonchev–Trinajstić information content (AvgIpc) is 2.54. The fourth-order valence-electron chi connectivity index (χ4n) is 2.65. The first-order chi connectivity index (χ1) is 10.9. The summed E-state index contributed by atoms with van der Waals surface area (Å²) in [5.41, 5.74) is 10.9. The minimum atomic E-state index is -0.397. The van der Waals surface area contributed by atoms with E-state index in [0.717, 1.165) is 33.7 Å². The van der Waals surface area contributed by atoms with E-state index in [1.165, 1.54) is 0 Å². The van der Waals surface area contributed by atoms with Gasteiger partial charge in [-0.15, -0.1) is 10.2 Å². The van der Waals surface area contributed by atoms with E-state index < -0.39 is 5.60 Å². The summed E-state index contributed by atoms with van der Waals surface area (Å²) in [6, 6.07) is 9.89. The number of nitrogen functional groups attached to an aromatic ring is 1. The third-order valence-electron chi connectivity index (χ3n) is 4.19. The highest BCUT2D eigenvalue weighted by atomic mass is 16.5. The number of allylic oxidation sites excluding steroid dienone is 2. The van der Waals surface area contributed by atoms with Gasteiger partial charge in [0.05, 0.1) is 6.26 Å². The molecular formula is C18H20N4O. The van der Waals surface area contributed by atoms with Gasteiger partial charge in [0.1, 0.15) is 17.0 Å². The van der Waals surface area contributed by atoms with Gasteiger partial charge in [-0.2, -0.15) is 0 Å². The molecule has 0 unspecified atom stereocenters. The molecule has 0 amide bonds. The van der Waals surface area contributed by atoms with Gasteiger partial charge in [-0.3, -0.25) is 0 Å². The lowest BCUT2D eigenvalue weighted by atomic mass is 9.86. The number of rotatable bonds is 2. The SMILES string of the molecule is CC1=COC(C)(C)C(C)=C1c1nnc(N)nc1-c1ccccc1. The van der Waals surface area contributed by atoms with Gasteiger partial charge in [0.15, 0.2) is 0 Å². The number of anilines is 1. The van der Waals surface area contributed by atoms with Crippen LogP contribution in [0.4, 0.5) is 5.95 Å². The van der Waals surface area contributed by atoms with Crippen LogP contribution in [0, 0.1) is 0 Å². The average molecular weight is 308 g/mol. The van der Waals surface area contributed by atoms with Gasteiger partial charge in [-0.1, -0.05) is 30.3 Å². The summed E-state index contributed by atoms with van der Waals surface area (Å²) in [4.78, 5) is 4.44. The highest BCUT2D eigenvalue weighted by Crippen LogP contribution is 2.39. The monoisotopic (exact) mass is 308 g/mol. The quantitative estimate of drug-likeness (QED) is 0.917. The van der Waals surface area contributed by atoms with E-state index in [2.05, 4.69) is 22.1 Å². The maximum Gasteiger partial charge on any atom is 0.240 e. The second-order valence-corrected chi connectivity index (χ2v) is 6.16. The largest absolute Gasteiger partial charge is 0.491 e. The van der Waals surface area contributed by atoms with Crippen molar-refractivity contribution in [2.75, 3.05) is 5.73 Å². The zero-order valence-corrected chi connectivity index (χ0v) is 13.8. The molecule has 5 nitrogen and oxygen atoms in total. The van der Waals surface area contributed by atoms with Crippen molar-refractivity contribution in [2.45, 2.75) is 33.3 Å². The molecule has 1 aromatic carbocycles. The fourth-order valence-corrected chi connectivity index (χ4v) is 2.65. The molecule has 1 aromatic heterocycles. The zero-order valence-electron chi connectivity index (χ0n) is 13.8. The molecule has 0 radical (unpaired) electrons. The number of ether oxygens (including phenoxy) is 1. The molecule has 0 spiro atoms. The van der Waals surface area contributed by atoms with Gasteiger partial charge in [-0.05, 0) is 38.8 Å². The molecule has 0 atom stereocenters. The van der Waals surface area contributed by atoms with E-state index in [9.17, 15) is 0 Å². The summed E-state index contributed by atoms with van der Waals surface area (Å²) >= 11 is 0. The molecule has 0 bridgehead atoms. The Morgan fingerprint density at radius 3 is 2.39 bits per heavy atom. The molecule has 2 aromatic rings. The van der Waals surface area contributed by atoms with Crippen LogP contribution in [0.3, 0.4) is 0 Å². The van der Waals surface area contributed by atoms with Crippen LogP contribution in [0.25, 0.3) is 16.8 Å². The minimum absolute atomic E-state index is 0.166. The minimum Gasteiger partial charge on any atom is -0.491 e. The molecule has 2 N–H and O–H groups in total. The first-order valence-electron chi connectivity index (χ1n) is 7.52. The van der Waals surface area contributed by atoms with E-state index in [4.69, 9.17) is 10.5 Å². The second-order valence-electron chi connectivity index (χ2n) is 6.16. The third-order valence-corrected chi connectivity index (χ3v) is 4.19. The van der Waals surface area contributed by atoms with Gasteiger partial charge in [-0.25, -0.2) is 4.98 Å². The van der Waals surface area contributed by atoms with Crippen molar-refractivity contribution in [2.24, 2.45) is 0 Å². The molecule has 3 rings (SSSR count). The molecule has 118 valence electrons. The number of nitrogens with zero attached hydrogens (tertiary/aromatic N) is 3. The van der Waals surface area contributed by atoms with Gasteiger partial charge >= 0.3 is 0 Å². The Morgan fingerprint density at radius 1 is 1.00 bits per heavy atom. The Balaban J connectivity index is 2.27. The summed E-state index contributed by atoms with van der Waals surface area (Å²) < 4.78 is 5.80. The van der Waals surface area contributed by atoms with Crippen LogP contribution in [0.2, 0.25) is 0 Å². The third kappa shape index (κ3) is 2.70. The van der Waals surface area contributed by atoms with E-state index in [-0.39, 0.29) is 5.95 Å². The smallest absolute Gasteiger partial charge is 0.240 e. The molecule has 0 saturated heterocycles. The van der Waals surface area contributed by atoms with Gasteiger partial charge < -0.3 is 10.5 Å². The normalized spacial score (nSPS) is 16.8. The first kappa shape index (κ1) is 15.2. The van der Waals surface area contributed by atoms with Crippen molar-refractivity contribution in [1.29, 1.82) is 0 Å². The number of aromatic nitrogens is 3. The van der Waals surface area contributed by atoms with Crippen LogP contribution in [0.5, 0.6) is 0 Å². The summed E-state index contributed by atoms with van der Waals surface area (Å²) in [6.07, 6.45) is 1.77. The van der Waals surface area contributed by atoms with E-state index in [0.29, 0.717) is 0 Å². The van der Waals surface area contributed by atoms with Crippen LogP contribution < -0.4 is 5.73 Å². The zero-order chi connectivity index (χ0) is 16.6. The Labute approximate surface area is 135 Å². The van der Waals surface area contributed by atoms with Crippen molar-refractivity contribution in [3.05, 3.63) is 53.4 Å². The van der Waals surface area contributed by atoms with Crippen molar-refractivity contribution >= 4 is 11.5 Å². The topological polar surface area (TPSA) is 73.9 Å². The van der Waals surface area contributed by atoms with Crippen LogP contribution in [-0.4, -0.2) is 20.8 Å². The summed E-state index contributed by atoms with van der Waals surface area (Å²) in [7, 11) is 0. The molecule has 2 heterocycles. The fraction of sp³-hybridized carbons (Fsp3) is 0.278. The predicted molar refractivity (Wildman–Crippen MR) is 91.2 cm³/mol. The molecular weight excluding hydrogens is 288 g/mol. The van der Waals surface area contributed by atoms with Gasteiger partial charge in [0, 0.05) is 11.1 Å². The lowest BCUT2D eigenvalue weighted by Crippen LogP contribution is -2.28. The van der Waals surface area contributed by atoms with Crippen molar-refractivity contribution in [3.8, 4) is 11.3 Å². The molecule has 0 fully saturated rings. The van der Waals surface area contributed by atoms with E-state index in [1.54, 1.807) is 6.26 Å². The maximum atomic E-state index is 5.80. The van der Waals surface area contributed by atoms with Crippen molar-refractivity contribution in [1.82, 2.24) is 15.2 Å². The number of hydrogen-bond acceptors (Lipinski definition) is 5. The Morgan fingerprint density at radius 2 is 1.70 bits per heavy atom. The van der Waals surface area contributed by atoms with Crippen molar-refractivity contribution < 1.29 is 4.74 Å². The standard InChI is InChI=1S/C18H20N4O/c1-11-10-23-18(3,4)12(2)14(11)16-15(20-17(19)22-21-16)13-8-6-5-7-9-13/h5-10H,1-4H3,(H2,19,20,22). The first-order valence-corrected chi connectivity index (χ1v) is 7.52. The number of hydrogen-bond donors (Lipinski definition) is 1. The summed E-state index contributed by atoms with van der Waals surface area (Å²) in [5.74, 6) is 0.166. The van der Waals surface area contributed by atoms with Crippen LogP contribution >= 0.6 is 0 Å². The molecule has 0 aliphatic carbocycles. The van der Waals surface area contributed by atoms with E-state index >= 15 is 0 Å². The van der Waals surface area contributed by atoms with Crippen LogP contribution in [0.1, 0.15) is 33.4 Å². The molecule has 1 aliphatic heterocycles. The predicted octanol–water partition coefficient (Wildman–Crippen LogP) is 3.61. The summed E-state index contributed by atoms with van der Waals surface area (Å²) in [6.45, 7) is 8.12. The molecule has 1 aliphatic rings. The van der Waals surface area contributed by atoms with Gasteiger partial charge in [0.25, 0.3) is 0 Å². The van der Waals surface area contributed by atoms with Gasteiger partial charge in [0.2, 0.25) is 5.95 Å². The Hall–Kier alpha value is -2.69. The highest BCUT2D eigenvalue weighted by Gasteiger charge is 2.31. The molecule has 0 saturated carbocycles. The lowest BCUT2D eigenvalue weighted by molar-refractivity contribution is 0.0889. The number of benzene rings is 1. The Bertz CT molecular complexity index is 807. The number of nitrogens with two attached hydrogens (primary N) is 1. The molecule has 23 heavy (non-hydrogen) atoms. The lowest BCUT2D eigenvalue weighted by Gasteiger charge is -2.32. The summed E-state index contributed by atoms with van der Waals surface area (Å²) in [5, 5.41) is 8.32. The Kier molecular flexibility index (Phi) is 3.64. The van der Waals surface area contributed by atoms with Crippen LogP contribution in [-0.2, 0) is 4.74 Å². The maximum absolute atomic E-state index is 5.80. The van der Waals surface area contributed by atoms with Crippen LogP contribution in [0.15, 0.2) is 47.7 Å². The van der Waals surface area contributed by atoms with Crippen molar-refractivity contribution in [3.63, 3.8) is 0 Å².